The minimum Gasteiger partial charge on any atom is -0.313 e. The van der Waals surface area contributed by atoms with Crippen molar-refractivity contribution in [2.24, 2.45) is 17.8 Å². The van der Waals surface area contributed by atoms with Crippen LogP contribution in [-0.2, 0) is 0 Å². The second-order valence-electron chi connectivity index (χ2n) is 6.18. The molecule has 0 heterocycles. The van der Waals surface area contributed by atoms with E-state index in [1.54, 1.807) is 0 Å². The molecule has 4 atom stereocenters. The van der Waals surface area contributed by atoms with Crippen molar-refractivity contribution in [2.75, 3.05) is 7.05 Å². The van der Waals surface area contributed by atoms with Crippen LogP contribution in [-0.4, -0.2) is 7.05 Å². The molecule has 19 heavy (non-hydrogen) atoms. The number of nitrogens with one attached hydrogen (secondary N) is 1. The second kappa shape index (κ2) is 5.63. The molecule has 1 aromatic rings. The van der Waals surface area contributed by atoms with E-state index in [1.165, 1.54) is 37.7 Å². The summed E-state index contributed by atoms with van der Waals surface area (Å²) in [6.45, 7) is 0. The summed E-state index contributed by atoms with van der Waals surface area (Å²) in [6.07, 6.45) is 7.01. The molecule has 2 aliphatic rings. The van der Waals surface area contributed by atoms with E-state index in [0.29, 0.717) is 11.1 Å². The van der Waals surface area contributed by atoms with Gasteiger partial charge in [-0.1, -0.05) is 35.7 Å². The molecule has 2 aliphatic carbocycles. The minimum absolute atomic E-state index is 0.356. The van der Waals surface area contributed by atoms with E-state index in [4.69, 9.17) is 23.2 Å². The van der Waals surface area contributed by atoms with E-state index in [0.717, 1.165) is 22.8 Å². The van der Waals surface area contributed by atoms with Crippen LogP contribution < -0.4 is 5.32 Å². The highest BCUT2D eigenvalue weighted by atomic mass is 35.5. The molecule has 1 N–H and O–H groups in total. The number of benzene rings is 1. The fourth-order valence-corrected chi connectivity index (χ4v) is 4.69. The molecule has 4 unspecified atom stereocenters. The standard InChI is InChI=1S/C16H21Cl2N/c1-19-16(14-5-4-13(17)9-15(14)18)8-12-7-10-2-3-11(12)6-10/h4-5,9-12,16,19H,2-3,6-8H2,1H3. The summed E-state index contributed by atoms with van der Waals surface area (Å²) in [6, 6.07) is 6.21. The Balaban J connectivity index is 1.73. The van der Waals surface area contributed by atoms with Gasteiger partial charge < -0.3 is 5.32 Å². The third-order valence-electron chi connectivity index (χ3n) is 5.11. The molecule has 0 saturated heterocycles. The van der Waals surface area contributed by atoms with Crippen LogP contribution in [0.1, 0.15) is 43.7 Å². The lowest BCUT2D eigenvalue weighted by Gasteiger charge is -2.27. The van der Waals surface area contributed by atoms with Gasteiger partial charge in [-0.05, 0) is 68.2 Å². The zero-order chi connectivity index (χ0) is 13.4. The molecule has 3 heteroatoms. The molecule has 104 valence electrons. The monoisotopic (exact) mass is 297 g/mol. The lowest BCUT2D eigenvalue weighted by atomic mass is 9.83. The molecule has 0 radical (unpaired) electrons. The summed E-state index contributed by atoms with van der Waals surface area (Å²) >= 11 is 12.3. The Morgan fingerprint density at radius 3 is 2.68 bits per heavy atom. The van der Waals surface area contributed by atoms with Gasteiger partial charge in [0.25, 0.3) is 0 Å². The van der Waals surface area contributed by atoms with E-state index in [2.05, 4.69) is 11.4 Å². The summed E-state index contributed by atoms with van der Waals surface area (Å²) < 4.78 is 0. The van der Waals surface area contributed by atoms with Crippen LogP contribution >= 0.6 is 23.2 Å². The van der Waals surface area contributed by atoms with Gasteiger partial charge in [-0.25, -0.2) is 0 Å². The fraction of sp³-hybridized carbons (Fsp3) is 0.625. The van der Waals surface area contributed by atoms with Crippen molar-refractivity contribution >= 4 is 23.2 Å². The van der Waals surface area contributed by atoms with Crippen LogP contribution in [0.25, 0.3) is 0 Å². The summed E-state index contributed by atoms with van der Waals surface area (Å²) in [5, 5.41) is 4.94. The first kappa shape index (κ1) is 13.7. The van der Waals surface area contributed by atoms with Gasteiger partial charge in [0.1, 0.15) is 0 Å². The fourth-order valence-electron chi connectivity index (χ4n) is 4.15. The second-order valence-corrected chi connectivity index (χ2v) is 7.02. The van der Waals surface area contributed by atoms with Gasteiger partial charge in [0.2, 0.25) is 0 Å². The van der Waals surface area contributed by atoms with Crippen molar-refractivity contribution < 1.29 is 0 Å². The molecular formula is C16H21Cl2N. The molecule has 0 spiro atoms. The predicted octanol–water partition coefficient (Wildman–Crippen LogP) is 5.08. The number of halogens is 2. The zero-order valence-electron chi connectivity index (χ0n) is 11.3. The molecule has 0 amide bonds. The largest absolute Gasteiger partial charge is 0.313 e. The van der Waals surface area contributed by atoms with Gasteiger partial charge in [-0.15, -0.1) is 0 Å². The Labute approximate surface area is 125 Å². The maximum Gasteiger partial charge on any atom is 0.0468 e. The summed E-state index contributed by atoms with van der Waals surface area (Å²) in [5.74, 6) is 2.85. The molecule has 1 nitrogen and oxygen atoms in total. The maximum atomic E-state index is 6.34. The quantitative estimate of drug-likeness (QED) is 0.817. The lowest BCUT2D eigenvalue weighted by molar-refractivity contribution is 0.284. The highest BCUT2D eigenvalue weighted by Crippen LogP contribution is 2.51. The summed E-state index contributed by atoms with van der Waals surface area (Å²) in [5.41, 5.74) is 1.19. The van der Waals surface area contributed by atoms with Gasteiger partial charge >= 0.3 is 0 Å². The third kappa shape index (κ3) is 2.79. The average molecular weight is 298 g/mol. The highest BCUT2D eigenvalue weighted by molar-refractivity contribution is 6.35. The highest BCUT2D eigenvalue weighted by Gasteiger charge is 2.40. The Kier molecular flexibility index (Phi) is 4.07. The Hall–Kier alpha value is -0.240. The van der Waals surface area contributed by atoms with E-state index in [9.17, 15) is 0 Å². The molecule has 2 bridgehead atoms. The van der Waals surface area contributed by atoms with Crippen LogP contribution in [0.4, 0.5) is 0 Å². The number of rotatable bonds is 4. The Morgan fingerprint density at radius 1 is 1.26 bits per heavy atom. The van der Waals surface area contributed by atoms with E-state index in [-0.39, 0.29) is 0 Å². The van der Waals surface area contributed by atoms with Crippen LogP contribution in [0, 0.1) is 17.8 Å². The van der Waals surface area contributed by atoms with Gasteiger partial charge in [-0.3, -0.25) is 0 Å². The van der Waals surface area contributed by atoms with Gasteiger partial charge in [0.05, 0.1) is 0 Å². The molecule has 2 saturated carbocycles. The van der Waals surface area contributed by atoms with Gasteiger partial charge in [-0.2, -0.15) is 0 Å². The first-order valence-electron chi connectivity index (χ1n) is 7.29. The molecule has 2 fully saturated rings. The van der Waals surface area contributed by atoms with Crippen molar-refractivity contribution in [3.05, 3.63) is 33.8 Å². The third-order valence-corrected chi connectivity index (χ3v) is 5.67. The van der Waals surface area contributed by atoms with Crippen LogP contribution in [0.3, 0.4) is 0 Å². The zero-order valence-corrected chi connectivity index (χ0v) is 12.8. The molecular weight excluding hydrogens is 277 g/mol. The van der Waals surface area contributed by atoms with Crippen molar-refractivity contribution in [1.29, 1.82) is 0 Å². The van der Waals surface area contributed by atoms with Gasteiger partial charge in [0, 0.05) is 16.1 Å². The maximum absolute atomic E-state index is 6.34. The average Bonchev–Trinajstić information content (AvgIpc) is 2.99. The topological polar surface area (TPSA) is 12.0 Å². The molecule has 3 rings (SSSR count). The van der Waals surface area contributed by atoms with Gasteiger partial charge in [0.15, 0.2) is 0 Å². The normalized spacial score (nSPS) is 30.8. The minimum atomic E-state index is 0.356. The molecule has 1 aromatic carbocycles. The Morgan fingerprint density at radius 2 is 2.11 bits per heavy atom. The van der Waals surface area contributed by atoms with Crippen molar-refractivity contribution in [2.45, 2.75) is 38.1 Å². The summed E-state index contributed by atoms with van der Waals surface area (Å²) in [7, 11) is 2.03. The van der Waals surface area contributed by atoms with Crippen molar-refractivity contribution in [1.82, 2.24) is 5.32 Å². The predicted molar refractivity (Wildman–Crippen MR) is 81.8 cm³/mol. The molecule has 0 aromatic heterocycles. The number of hydrogen-bond acceptors (Lipinski definition) is 1. The van der Waals surface area contributed by atoms with Crippen LogP contribution in [0.2, 0.25) is 10.0 Å². The van der Waals surface area contributed by atoms with Crippen LogP contribution in [0.5, 0.6) is 0 Å². The first-order valence-corrected chi connectivity index (χ1v) is 8.05. The van der Waals surface area contributed by atoms with E-state index in [1.807, 2.05) is 19.2 Å². The SMILES string of the molecule is CNC(CC1CC2CCC1C2)c1ccc(Cl)cc1Cl. The smallest absolute Gasteiger partial charge is 0.0468 e. The summed E-state index contributed by atoms with van der Waals surface area (Å²) in [4.78, 5) is 0. The molecule has 0 aliphatic heterocycles. The van der Waals surface area contributed by atoms with Crippen LogP contribution in [0.15, 0.2) is 18.2 Å². The number of fused-ring (bicyclic) bond motifs is 2. The van der Waals surface area contributed by atoms with E-state index < -0.39 is 0 Å². The van der Waals surface area contributed by atoms with Crippen molar-refractivity contribution in [3.8, 4) is 0 Å². The van der Waals surface area contributed by atoms with E-state index >= 15 is 0 Å². The lowest BCUT2D eigenvalue weighted by Crippen LogP contribution is -2.23. The Bertz CT molecular complexity index is 460. The van der Waals surface area contributed by atoms with Crippen molar-refractivity contribution in [3.63, 3.8) is 0 Å². The number of hydrogen-bond donors (Lipinski definition) is 1. The first-order chi connectivity index (χ1) is 9.17.